The number of fused-ring (bicyclic) bond motifs is 1. The van der Waals surface area contributed by atoms with Crippen molar-refractivity contribution >= 4 is 17.0 Å². The summed E-state index contributed by atoms with van der Waals surface area (Å²) in [6.45, 7) is 4.30. The fourth-order valence-corrected chi connectivity index (χ4v) is 1.71. The zero-order valence-corrected chi connectivity index (χ0v) is 11.5. The van der Waals surface area contributed by atoms with Crippen molar-refractivity contribution in [2.45, 2.75) is 25.8 Å². The average molecular weight is 261 g/mol. The predicted octanol–water partition coefficient (Wildman–Crippen LogP) is 1.48. The van der Waals surface area contributed by atoms with E-state index < -0.39 is 5.54 Å². The maximum absolute atomic E-state index is 11.9. The molecule has 0 spiro atoms. The van der Waals surface area contributed by atoms with Crippen molar-refractivity contribution in [2.75, 3.05) is 13.6 Å². The third kappa shape index (κ3) is 3.12. The highest BCUT2D eigenvalue weighted by molar-refractivity contribution is 5.85. The van der Waals surface area contributed by atoms with Crippen LogP contribution in [0.25, 0.3) is 11.1 Å². The van der Waals surface area contributed by atoms with E-state index in [0.717, 1.165) is 23.1 Å². The van der Waals surface area contributed by atoms with E-state index >= 15 is 0 Å². The smallest absolute Gasteiger partial charge is 0.239 e. The van der Waals surface area contributed by atoms with Crippen LogP contribution in [0.3, 0.4) is 0 Å². The summed E-state index contributed by atoms with van der Waals surface area (Å²) < 4.78 is 5.25. The van der Waals surface area contributed by atoms with E-state index in [9.17, 15) is 4.79 Å². The average Bonchev–Trinajstić information content (AvgIpc) is 2.86. The molecule has 0 aliphatic carbocycles. The van der Waals surface area contributed by atoms with Crippen molar-refractivity contribution in [1.82, 2.24) is 15.6 Å². The lowest BCUT2D eigenvalue weighted by atomic mass is 10.0. The number of benzene rings is 1. The number of rotatable bonds is 5. The van der Waals surface area contributed by atoms with Gasteiger partial charge in [0.05, 0.1) is 5.54 Å². The fraction of sp³-hybridized carbons (Fsp3) is 0.429. The molecular weight excluding hydrogens is 242 g/mol. The Hall–Kier alpha value is -1.88. The van der Waals surface area contributed by atoms with Crippen LogP contribution in [0.4, 0.5) is 0 Å². The van der Waals surface area contributed by atoms with E-state index in [1.165, 1.54) is 6.39 Å². The number of oxazole rings is 1. The van der Waals surface area contributed by atoms with Gasteiger partial charge >= 0.3 is 0 Å². The molecule has 1 heterocycles. The molecule has 5 nitrogen and oxygen atoms in total. The first-order valence-corrected chi connectivity index (χ1v) is 6.32. The van der Waals surface area contributed by atoms with Crippen molar-refractivity contribution in [3.63, 3.8) is 0 Å². The normalized spacial score (nSPS) is 11.7. The van der Waals surface area contributed by atoms with Gasteiger partial charge in [0.15, 0.2) is 12.0 Å². The lowest BCUT2D eigenvalue weighted by molar-refractivity contribution is -0.126. The molecule has 0 bridgehead atoms. The van der Waals surface area contributed by atoms with Crippen LogP contribution in [0.1, 0.15) is 19.4 Å². The molecule has 2 N–H and O–H groups in total. The number of aromatic nitrogens is 1. The van der Waals surface area contributed by atoms with Crippen LogP contribution < -0.4 is 10.6 Å². The van der Waals surface area contributed by atoms with Crippen molar-refractivity contribution in [3.8, 4) is 0 Å². The Kier molecular flexibility index (Phi) is 3.85. The molecule has 0 radical (unpaired) electrons. The molecule has 5 heteroatoms. The number of hydrogen-bond acceptors (Lipinski definition) is 4. The van der Waals surface area contributed by atoms with Gasteiger partial charge in [-0.2, -0.15) is 0 Å². The number of carbonyl (C=O) groups excluding carboxylic acids is 1. The molecule has 0 unspecified atom stereocenters. The zero-order chi connectivity index (χ0) is 13.9. The van der Waals surface area contributed by atoms with Gasteiger partial charge in [-0.05, 0) is 45.0 Å². The number of likely N-dealkylation sites (N-methyl/N-ethyl adjacent to an activating group) is 1. The SMILES string of the molecule is CNC(C)(C)C(=O)NCCc1ccc2ncoc2c1. The van der Waals surface area contributed by atoms with Crippen LogP contribution in [-0.4, -0.2) is 30.0 Å². The molecule has 19 heavy (non-hydrogen) atoms. The molecule has 0 saturated heterocycles. The van der Waals surface area contributed by atoms with Crippen molar-refractivity contribution < 1.29 is 9.21 Å². The van der Waals surface area contributed by atoms with Crippen LogP contribution in [0.5, 0.6) is 0 Å². The Morgan fingerprint density at radius 1 is 1.42 bits per heavy atom. The number of nitrogens with one attached hydrogen (secondary N) is 2. The highest BCUT2D eigenvalue weighted by Crippen LogP contribution is 2.14. The van der Waals surface area contributed by atoms with Gasteiger partial charge < -0.3 is 15.1 Å². The quantitative estimate of drug-likeness (QED) is 0.855. The van der Waals surface area contributed by atoms with E-state index in [-0.39, 0.29) is 5.91 Å². The van der Waals surface area contributed by atoms with Gasteiger partial charge in [-0.3, -0.25) is 4.79 Å². The minimum atomic E-state index is -0.547. The Bertz CT molecular complexity index is 575. The van der Waals surface area contributed by atoms with Gasteiger partial charge in [0.1, 0.15) is 5.52 Å². The van der Waals surface area contributed by atoms with Crippen molar-refractivity contribution in [3.05, 3.63) is 30.2 Å². The Balaban J connectivity index is 1.90. The van der Waals surface area contributed by atoms with Crippen LogP contribution >= 0.6 is 0 Å². The third-order valence-electron chi connectivity index (χ3n) is 3.29. The van der Waals surface area contributed by atoms with Crippen LogP contribution in [-0.2, 0) is 11.2 Å². The first-order chi connectivity index (χ1) is 9.03. The van der Waals surface area contributed by atoms with Gasteiger partial charge in [-0.1, -0.05) is 6.07 Å². The van der Waals surface area contributed by atoms with Gasteiger partial charge in [0.2, 0.25) is 5.91 Å². The number of amides is 1. The summed E-state index contributed by atoms with van der Waals surface area (Å²) >= 11 is 0. The molecule has 0 fully saturated rings. The Morgan fingerprint density at radius 3 is 2.95 bits per heavy atom. The second kappa shape index (κ2) is 5.40. The second-order valence-electron chi connectivity index (χ2n) is 5.04. The maximum Gasteiger partial charge on any atom is 0.239 e. The minimum absolute atomic E-state index is 0.00394. The maximum atomic E-state index is 11.9. The van der Waals surface area contributed by atoms with Gasteiger partial charge in [0, 0.05) is 6.54 Å². The number of nitrogens with zero attached hydrogens (tertiary/aromatic N) is 1. The molecule has 1 aromatic heterocycles. The Morgan fingerprint density at radius 2 is 2.21 bits per heavy atom. The molecule has 0 atom stereocenters. The molecule has 0 aliphatic heterocycles. The lowest BCUT2D eigenvalue weighted by Crippen LogP contribution is -2.51. The van der Waals surface area contributed by atoms with Gasteiger partial charge in [0.25, 0.3) is 0 Å². The van der Waals surface area contributed by atoms with Crippen LogP contribution in [0.15, 0.2) is 29.0 Å². The van der Waals surface area contributed by atoms with Crippen LogP contribution in [0, 0.1) is 0 Å². The number of carbonyl (C=O) groups is 1. The standard InChI is InChI=1S/C14H19N3O2/c1-14(2,15-3)13(18)16-7-6-10-4-5-11-12(8-10)19-9-17-11/h4-5,8-9,15H,6-7H2,1-3H3,(H,16,18). The molecule has 2 rings (SSSR count). The molecule has 102 valence electrons. The van der Waals surface area contributed by atoms with Gasteiger partial charge in [-0.15, -0.1) is 0 Å². The molecular formula is C14H19N3O2. The monoisotopic (exact) mass is 261 g/mol. The van der Waals surface area contributed by atoms with E-state index in [1.807, 2.05) is 32.0 Å². The van der Waals surface area contributed by atoms with E-state index in [0.29, 0.717) is 6.54 Å². The van der Waals surface area contributed by atoms with Gasteiger partial charge in [-0.25, -0.2) is 4.98 Å². The second-order valence-corrected chi connectivity index (χ2v) is 5.04. The number of hydrogen-bond donors (Lipinski definition) is 2. The summed E-state index contributed by atoms with van der Waals surface area (Å²) in [7, 11) is 1.78. The molecule has 1 aromatic carbocycles. The summed E-state index contributed by atoms with van der Waals surface area (Å²) in [5.41, 5.74) is 2.20. The highest BCUT2D eigenvalue weighted by atomic mass is 16.3. The summed E-state index contributed by atoms with van der Waals surface area (Å²) in [6, 6.07) is 5.88. The van der Waals surface area contributed by atoms with E-state index in [4.69, 9.17) is 4.42 Å². The van der Waals surface area contributed by atoms with E-state index in [2.05, 4.69) is 15.6 Å². The zero-order valence-electron chi connectivity index (χ0n) is 11.5. The fourth-order valence-electron chi connectivity index (χ4n) is 1.71. The third-order valence-corrected chi connectivity index (χ3v) is 3.29. The van der Waals surface area contributed by atoms with Crippen molar-refractivity contribution in [1.29, 1.82) is 0 Å². The van der Waals surface area contributed by atoms with Crippen molar-refractivity contribution in [2.24, 2.45) is 0 Å². The highest BCUT2D eigenvalue weighted by Gasteiger charge is 2.24. The predicted molar refractivity (Wildman–Crippen MR) is 73.9 cm³/mol. The minimum Gasteiger partial charge on any atom is -0.443 e. The first kappa shape index (κ1) is 13.5. The summed E-state index contributed by atoms with van der Waals surface area (Å²) in [5, 5.41) is 5.89. The summed E-state index contributed by atoms with van der Waals surface area (Å²) in [4.78, 5) is 15.9. The first-order valence-electron chi connectivity index (χ1n) is 6.32. The molecule has 0 saturated carbocycles. The summed E-state index contributed by atoms with van der Waals surface area (Å²) in [5.74, 6) is -0.00394. The summed E-state index contributed by atoms with van der Waals surface area (Å²) in [6.07, 6.45) is 2.20. The molecule has 1 amide bonds. The lowest BCUT2D eigenvalue weighted by Gasteiger charge is -2.22. The topological polar surface area (TPSA) is 67.2 Å². The molecule has 0 aliphatic rings. The Labute approximate surface area is 112 Å². The van der Waals surface area contributed by atoms with E-state index in [1.54, 1.807) is 7.05 Å². The largest absolute Gasteiger partial charge is 0.443 e. The molecule has 2 aromatic rings. The van der Waals surface area contributed by atoms with Crippen LogP contribution in [0.2, 0.25) is 0 Å².